The van der Waals surface area contributed by atoms with Gasteiger partial charge in [-0.05, 0) is 42.9 Å². The van der Waals surface area contributed by atoms with Crippen molar-refractivity contribution in [1.29, 1.82) is 0 Å². The van der Waals surface area contributed by atoms with E-state index in [1.165, 1.54) is 16.4 Å². The van der Waals surface area contributed by atoms with Gasteiger partial charge in [0.05, 0.1) is 11.4 Å². The van der Waals surface area contributed by atoms with Gasteiger partial charge >= 0.3 is 0 Å². The van der Waals surface area contributed by atoms with E-state index < -0.39 is 15.8 Å². The number of halogens is 2. The highest BCUT2D eigenvalue weighted by molar-refractivity contribution is 9.10. The molecule has 0 aromatic heterocycles. The predicted octanol–water partition coefficient (Wildman–Crippen LogP) is 2.55. The van der Waals surface area contributed by atoms with Crippen LogP contribution in [0.15, 0.2) is 57.9 Å². The van der Waals surface area contributed by atoms with Crippen molar-refractivity contribution in [2.24, 2.45) is 0 Å². The van der Waals surface area contributed by atoms with Gasteiger partial charge in [0.15, 0.2) is 0 Å². The Balaban J connectivity index is 1.54. The molecule has 1 aliphatic heterocycles. The van der Waals surface area contributed by atoms with E-state index in [0.29, 0.717) is 19.6 Å². The number of benzene rings is 2. The maximum absolute atomic E-state index is 13.1. The van der Waals surface area contributed by atoms with Crippen molar-refractivity contribution in [2.45, 2.75) is 11.4 Å². The number of rotatable bonds is 6. The predicted molar refractivity (Wildman–Crippen MR) is 112 cm³/mol. The van der Waals surface area contributed by atoms with Crippen molar-refractivity contribution >= 4 is 31.9 Å². The zero-order valence-corrected chi connectivity index (χ0v) is 18.5. The van der Waals surface area contributed by atoms with Crippen molar-refractivity contribution < 1.29 is 17.6 Å². The van der Waals surface area contributed by atoms with Gasteiger partial charge in [0.1, 0.15) is 5.82 Å². The summed E-state index contributed by atoms with van der Waals surface area (Å²) in [6.07, 6.45) is 0. The highest BCUT2D eigenvalue weighted by Crippen LogP contribution is 2.19. The van der Waals surface area contributed by atoms with Gasteiger partial charge in [-0.15, -0.1) is 0 Å². The number of amides is 1. The minimum Gasteiger partial charge on any atom is -0.339 e. The molecule has 0 saturated carbocycles. The third-order valence-corrected chi connectivity index (χ3v) is 7.53. The molecule has 156 valence electrons. The van der Waals surface area contributed by atoms with Crippen molar-refractivity contribution in [3.05, 3.63) is 64.4 Å². The third kappa shape index (κ3) is 5.42. The first-order valence-corrected chi connectivity index (χ1v) is 11.5. The molecule has 1 saturated heterocycles. The summed E-state index contributed by atoms with van der Waals surface area (Å²) >= 11 is 3.51. The number of hydrogen-bond donors (Lipinski definition) is 0. The Morgan fingerprint density at radius 3 is 2.31 bits per heavy atom. The highest BCUT2D eigenvalue weighted by Gasteiger charge is 2.30. The van der Waals surface area contributed by atoms with E-state index in [1.54, 1.807) is 4.90 Å². The number of hydrogen-bond acceptors (Lipinski definition) is 4. The molecule has 1 amide bonds. The number of nitrogens with zero attached hydrogens (tertiary/aromatic N) is 3. The summed E-state index contributed by atoms with van der Waals surface area (Å²) in [5, 5.41) is 0. The molecule has 6 nitrogen and oxygen atoms in total. The van der Waals surface area contributed by atoms with Gasteiger partial charge in [-0.2, -0.15) is 4.31 Å². The molecule has 0 N–H and O–H groups in total. The van der Waals surface area contributed by atoms with Crippen LogP contribution < -0.4 is 0 Å². The van der Waals surface area contributed by atoms with Crippen LogP contribution in [0.1, 0.15) is 5.56 Å². The van der Waals surface area contributed by atoms with Crippen LogP contribution in [-0.4, -0.2) is 68.2 Å². The average Bonchev–Trinajstić information content (AvgIpc) is 2.70. The fraction of sp³-hybridized carbons (Fsp3) is 0.350. The molecule has 0 aliphatic carbocycles. The van der Waals surface area contributed by atoms with Crippen LogP contribution in [0, 0.1) is 5.82 Å². The quantitative estimate of drug-likeness (QED) is 0.633. The smallest absolute Gasteiger partial charge is 0.243 e. The average molecular weight is 484 g/mol. The number of piperazine rings is 1. The molecule has 0 radical (unpaired) electrons. The van der Waals surface area contributed by atoms with Crippen LogP contribution >= 0.6 is 15.9 Å². The molecule has 1 fully saturated rings. The standard InChI is InChI=1S/C20H23BrFN3O3S/c1-23(14-16-4-2-3-5-19(16)21)15-20(26)24-10-12-25(13-11-24)29(27,28)18-8-6-17(22)7-9-18/h2-9H,10-15H2,1H3. The van der Waals surface area contributed by atoms with Crippen molar-refractivity contribution in [3.8, 4) is 0 Å². The lowest BCUT2D eigenvalue weighted by atomic mass is 10.2. The van der Waals surface area contributed by atoms with E-state index in [-0.39, 0.29) is 30.4 Å². The molecule has 0 unspecified atom stereocenters. The van der Waals surface area contributed by atoms with Crippen LogP contribution in [0.4, 0.5) is 4.39 Å². The molecule has 0 spiro atoms. The van der Waals surface area contributed by atoms with E-state index >= 15 is 0 Å². The first-order valence-electron chi connectivity index (χ1n) is 9.23. The maximum atomic E-state index is 13.1. The molecular weight excluding hydrogens is 461 g/mol. The molecule has 0 bridgehead atoms. The fourth-order valence-corrected chi connectivity index (χ4v) is 5.07. The van der Waals surface area contributed by atoms with Crippen LogP contribution in [0.5, 0.6) is 0 Å². The molecule has 1 aliphatic rings. The van der Waals surface area contributed by atoms with Gasteiger partial charge < -0.3 is 4.90 Å². The van der Waals surface area contributed by atoms with Gasteiger partial charge in [-0.3, -0.25) is 9.69 Å². The summed E-state index contributed by atoms with van der Waals surface area (Å²) in [5.74, 6) is -0.510. The normalized spacial score (nSPS) is 15.7. The molecule has 1 heterocycles. The van der Waals surface area contributed by atoms with E-state index in [0.717, 1.165) is 22.2 Å². The zero-order chi connectivity index (χ0) is 21.0. The Bertz CT molecular complexity index is 961. The molecule has 3 rings (SSSR count). The second kappa shape index (κ2) is 9.34. The SMILES string of the molecule is CN(CC(=O)N1CCN(S(=O)(=O)c2ccc(F)cc2)CC1)Cc1ccccc1Br. The number of likely N-dealkylation sites (N-methyl/N-ethyl adjacent to an activating group) is 1. The molecular formula is C20H23BrFN3O3S. The van der Waals surface area contributed by atoms with Crippen LogP contribution in [0.25, 0.3) is 0 Å². The van der Waals surface area contributed by atoms with E-state index in [2.05, 4.69) is 15.9 Å². The van der Waals surface area contributed by atoms with Crippen LogP contribution in [0.3, 0.4) is 0 Å². The molecule has 2 aromatic carbocycles. The lowest BCUT2D eigenvalue weighted by Gasteiger charge is -2.34. The Labute approximate surface area is 179 Å². The van der Waals surface area contributed by atoms with Crippen LogP contribution in [-0.2, 0) is 21.4 Å². The number of sulfonamides is 1. The Kier molecular flexibility index (Phi) is 7.05. The van der Waals surface area contributed by atoms with Crippen molar-refractivity contribution in [3.63, 3.8) is 0 Å². The number of carbonyl (C=O) groups is 1. The van der Waals surface area contributed by atoms with E-state index in [1.807, 2.05) is 36.2 Å². The minimum atomic E-state index is -3.68. The summed E-state index contributed by atoms with van der Waals surface area (Å²) in [6, 6.07) is 12.7. The fourth-order valence-electron chi connectivity index (χ4n) is 3.24. The summed E-state index contributed by atoms with van der Waals surface area (Å²) < 4.78 is 40.8. The summed E-state index contributed by atoms with van der Waals surface area (Å²) in [7, 11) is -1.80. The Morgan fingerprint density at radius 2 is 1.69 bits per heavy atom. The summed E-state index contributed by atoms with van der Waals surface area (Å²) in [5.41, 5.74) is 1.10. The Hall–Kier alpha value is -1.81. The first kappa shape index (κ1) is 21.9. The maximum Gasteiger partial charge on any atom is 0.243 e. The Morgan fingerprint density at radius 1 is 1.07 bits per heavy atom. The zero-order valence-electron chi connectivity index (χ0n) is 16.1. The molecule has 2 aromatic rings. The van der Waals surface area contributed by atoms with E-state index in [4.69, 9.17) is 0 Å². The summed E-state index contributed by atoms with van der Waals surface area (Å²) in [6.45, 7) is 2.00. The molecule has 9 heteroatoms. The topological polar surface area (TPSA) is 60.9 Å². The van der Waals surface area contributed by atoms with Crippen LogP contribution in [0.2, 0.25) is 0 Å². The van der Waals surface area contributed by atoms with E-state index in [9.17, 15) is 17.6 Å². The second-order valence-electron chi connectivity index (χ2n) is 7.00. The first-order chi connectivity index (χ1) is 13.8. The third-order valence-electron chi connectivity index (χ3n) is 4.85. The minimum absolute atomic E-state index is 0.0293. The lowest BCUT2D eigenvalue weighted by molar-refractivity contribution is -0.133. The largest absolute Gasteiger partial charge is 0.339 e. The molecule has 29 heavy (non-hydrogen) atoms. The van der Waals surface area contributed by atoms with Crippen molar-refractivity contribution in [1.82, 2.24) is 14.1 Å². The molecule has 0 atom stereocenters. The van der Waals surface area contributed by atoms with Gasteiger partial charge in [0.25, 0.3) is 0 Å². The number of carbonyl (C=O) groups excluding carboxylic acids is 1. The van der Waals surface area contributed by atoms with Gasteiger partial charge in [-0.1, -0.05) is 34.1 Å². The van der Waals surface area contributed by atoms with Crippen molar-refractivity contribution in [2.75, 3.05) is 39.8 Å². The van der Waals surface area contributed by atoms with Gasteiger partial charge in [-0.25, -0.2) is 12.8 Å². The van der Waals surface area contributed by atoms with Gasteiger partial charge in [0, 0.05) is 37.2 Å². The lowest BCUT2D eigenvalue weighted by Crippen LogP contribution is -2.52. The van der Waals surface area contributed by atoms with Gasteiger partial charge in [0.2, 0.25) is 15.9 Å². The highest BCUT2D eigenvalue weighted by atomic mass is 79.9. The summed E-state index contributed by atoms with van der Waals surface area (Å²) in [4.78, 5) is 16.3. The second-order valence-corrected chi connectivity index (χ2v) is 9.79. The monoisotopic (exact) mass is 483 g/mol.